The number of methoxy groups -OCH3 is 1. The minimum absolute atomic E-state index is 0.103. The van der Waals surface area contributed by atoms with Crippen molar-refractivity contribution in [1.82, 2.24) is 0 Å². The summed E-state index contributed by atoms with van der Waals surface area (Å²) >= 11 is 0. The van der Waals surface area contributed by atoms with Crippen LogP contribution < -0.4 is 9.04 Å². The molecule has 6 heteroatoms. The van der Waals surface area contributed by atoms with Gasteiger partial charge in [-0.25, -0.2) is 8.42 Å². The molecule has 3 aromatic carbocycles. The number of fused-ring (bicyclic) bond motifs is 3. The lowest BCUT2D eigenvalue weighted by Crippen LogP contribution is -2.39. The molecular weight excluding hydrogens is 362 g/mol. The third-order valence-electron chi connectivity index (χ3n) is 4.60. The Morgan fingerprint density at radius 3 is 2.33 bits per heavy atom. The Hall–Kier alpha value is -3.12. The van der Waals surface area contributed by atoms with E-state index in [0.717, 1.165) is 9.87 Å². The number of rotatable bonds is 2. The number of nitrogens with zero attached hydrogens (tertiary/aromatic N) is 1. The minimum atomic E-state index is -4.03. The third kappa shape index (κ3) is 2.69. The number of benzene rings is 3. The van der Waals surface area contributed by atoms with Crippen LogP contribution in [-0.2, 0) is 10.0 Å². The summed E-state index contributed by atoms with van der Waals surface area (Å²) < 4.78 is 32.7. The molecule has 1 heterocycles. The molecule has 5 nitrogen and oxygen atoms in total. The van der Waals surface area contributed by atoms with E-state index in [-0.39, 0.29) is 4.90 Å². The molecule has 0 aliphatic carbocycles. The van der Waals surface area contributed by atoms with E-state index in [2.05, 4.69) is 0 Å². The zero-order valence-corrected chi connectivity index (χ0v) is 15.7. The van der Waals surface area contributed by atoms with Gasteiger partial charge >= 0.3 is 0 Å². The second-order valence-electron chi connectivity index (χ2n) is 6.32. The molecule has 0 N–H and O–H groups in total. The Bertz CT molecular complexity index is 1150. The maximum Gasteiger partial charge on any atom is 0.272 e. The van der Waals surface area contributed by atoms with Gasteiger partial charge in [-0.1, -0.05) is 35.9 Å². The van der Waals surface area contributed by atoms with Crippen LogP contribution in [0.25, 0.3) is 11.1 Å². The van der Waals surface area contributed by atoms with Crippen LogP contribution in [0.4, 0.5) is 5.69 Å². The van der Waals surface area contributed by atoms with Gasteiger partial charge in [-0.05, 0) is 43.3 Å². The molecular formula is C21H17NO4S. The molecule has 0 spiro atoms. The SMILES string of the molecule is COc1ccc2c(c1)-c1ccccc1S(=O)(=O)N2C(=O)c1ccc(C)cc1. The van der Waals surface area contributed by atoms with Crippen molar-refractivity contribution in [2.75, 3.05) is 11.4 Å². The fraction of sp³-hybridized carbons (Fsp3) is 0.0952. The molecule has 0 bridgehead atoms. The highest BCUT2D eigenvalue weighted by atomic mass is 32.2. The quantitative estimate of drug-likeness (QED) is 0.675. The van der Waals surface area contributed by atoms with Crippen LogP contribution in [0, 0.1) is 6.92 Å². The second-order valence-corrected chi connectivity index (χ2v) is 8.07. The van der Waals surface area contributed by atoms with Gasteiger partial charge in [0.25, 0.3) is 15.9 Å². The Labute approximate surface area is 157 Å². The second kappa shape index (κ2) is 6.25. The van der Waals surface area contributed by atoms with Gasteiger partial charge in [0.2, 0.25) is 0 Å². The molecule has 0 fully saturated rings. The minimum Gasteiger partial charge on any atom is -0.497 e. The van der Waals surface area contributed by atoms with E-state index in [9.17, 15) is 13.2 Å². The van der Waals surface area contributed by atoms with Crippen molar-refractivity contribution in [2.45, 2.75) is 11.8 Å². The maximum atomic E-state index is 13.3. The van der Waals surface area contributed by atoms with E-state index in [1.807, 2.05) is 6.92 Å². The van der Waals surface area contributed by atoms with E-state index in [1.54, 1.807) is 67.8 Å². The summed E-state index contributed by atoms with van der Waals surface area (Å²) in [5.41, 5.74) is 2.81. The Morgan fingerprint density at radius 1 is 0.926 bits per heavy atom. The van der Waals surface area contributed by atoms with Gasteiger partial charge in [0, 0.05) is 16.7 Å². The number of sulfonamides is 1. The molecule has 0 atom stereocenters. The number of anilines is 1. The molecule has 3 aromatic rings. The Balaban J connectivity index is 1.97. The van der Waals surface area contributed by atoms with Crippen LogP contribution in [0.5, 0.6) is 5.75 Å². The number of hydrogen-bond donors (Lipinski definition) is 0. The average molecular weight is 379 g/mol. The molecule has 0 radical (unpaired) electrons. The van der Waals surface area contributed by atoms with Crippen molar-refractivity contribution in [3.8, 4) is 16.9 Å². The van der Waals surface area contributed by atoms with Gasteiger partial charge < -0.3 is 4.74 Å². The van der Waals surface area contributed by atoms with Crippen molar-refractivity contribution < 1.29 is 17.9 Å². The zero-order valence-electron chi connectivity index (χ0n) is 14.8. The standard InChI is InChI=1S/C21H17NO4S/c1-14-7-9-15(10-8-14)21(23)22-19-12-11-16(26-2)13-18(19)17-5-3-4-6-20(17)27(22,24)25/h3-13H,1-2H3. The number of amides is 1. The summed E-state index contributed by atoms with van der Waals surface area (Å²) in [7, 11) is -2.49. The number of aryl methyl sites for hydroxylation is 1. The van der Waals surface area contributed by atoms with Crippen LogP contribution in [0.15, 0.2) is 71.6 Å². The predicted molar refractivity (Wildman–Crippen MR) is 104 cm³/mol. The van der Waals surface area contributed by atoms with Crippen LogP contribution in [0.3, 0.4) is 0 Å². The fourth-order valence-electron chi connectivity index (χ4n) is 3.21. The topological polar surface area (TPSA) is 63.7 Å². The molecule has 1 aliphatic heterocycles. The number of hydrogen-bond acceptors (Lipinski definition) is 4. The highest BCUT2D eigenvalue weighted by Crippen LogP contribution is 2.44. The molecule has 0 saturated carbocycles. The van der Waals surface area contributed by atoms with E-state index in [4.69, 9.17) is 4.74 Å². The molecule has 1 amide bonds. The molecule has 0 saturated heterocycles. The highest BCUT2D eigenvalue weighted by Gasteiger charge is 2.39. The van der Waals surface area contributed by atoms with Gasteiger partial charge in [-0.2, -0.15) is 4.31 Å². The lowest BCUT2D eigenvalue weighted by molar-refractivity contribution is 0.101. The average Bonchev–Trinajstić information content (AvgIpc) is 2.68. The van der Waals surface area contributed by atoms with Crippen molar-refractivity contribution in [3.05, 3.63) is 77.9 Å². The lowest BCUT2D eigenvalue weighted by Gasteiger charge is -2.30. The van der Waals surface area contributed by atoms with E-state index in [1.165, 1.54) is 6.07 Å². The number of carbonyl (C=O) groups excluding carboxylic acids is 1. The normalized spacial score (nSPS) is 14.2. The smallest absolute Gasteiger partial charge is 0.272 e. The molecule has 0 aromatic heterocycles. The lowest BCUT2D eigenvalue weighted by atomic mass is 10.0. The van der Waals surface area contributed by atoms with E-state index < -0.39 is 15.9 Å². The summed E-state index contributed by atoms with van der Waals surface area (Å²) in [5, 5.41) is 0. The summed E-state index contributed by atoms with van der Waals surface area (Å²) in [4.78, 5) is 13.3. The van der Waals surface area contributed by atoms with Gasteiger partial charge in [0.05, 0.1) is 17.7 Å². The van der Waals surface area contributed by atoms with Crippen LogP contribution in [0.1, 0.15) is 15.9 Å². The van der Waals surface area contributed by atoms with Crippen molar-refractivity contribution in [3.63, 3.8) is 0 Å². The van der Waals surface area contributed by atoms with Gasteiger partial charge in [0.1, 0.15) is 5.75 Å². The van der Waals surface area contributed by atoms with Gasteiger partial charge in [0.15, 0.2) is 0 Å². The first kappa shape index (κ1) is 17.3. The Kier molecular flexibility index (Phi) is 4.00. The molecule has 0 unspecified atom stereocenters. The van der Waals surface area contributed by atoms with Crippen LogP contribution in [0.2, 0.25) is 0 Å². The highest BCUT2D eigenvalue weighted by molar-refractivity contribution is 7.93. The van der Waals surface area contributed by atoms with Crippen LogP contribution >= 0.6 is 0 Å². The van der Waals surface area contributed by atoms with Gasteiger partial charge in [-0.3, -0.25) is 4.79 Å². The summed E-state index contributed by atoms with van der Waals surface area (Å²) in [5.74, 6) is 0.00139. The first-order valence-corrected chi connectivity index (χ1v) is 9.81. The Morgan fingerprint density at radius 2 is 1.63 bits per heavy atom. The zero-order chi connectivity index (χ0) is 19.2. The van der Waals surface area contributed by atoms with E-state index >= 15 is 0 Å². The van der Waals surface area contributed by atoms with Crippen LogP contribution in [-0.4, -0.2) is 21.4 Å². The van der Waals surface area contributed by atoms with E-state index in [0.29, 0.717) is 28.1 Å². The third-order valence-corrected chi connectivity index (χ3v) is 6.36. The maximum absolute atomic E-state index is 13.3. The number of carbonyl (C=O) groups is 1. The fourth-order valence-corrected chi connectivity index (χ4v) is 4.85. The van der Waals surface area contributed by atoms with Crippen molar-refractivity contribution in [1.29, 1.82) is 0 Å². The number of ether oxygens (including phenoxy) is 1. The summed E-state index contributed by atoms with van der Waals surface area (Å²) in [6.07, 6.45) is 0. The summed E-state index contributed by atoms with van der Waals surface area (Å²) in [6.45, 7) is 1.91. The molecule has 27 heavy (non-hydrogen) atoms. The van der Waals surface area contributed by atoms with Crippen molar-refractivity contribution >= 4 is 21.6 Å². The van der Waals surface area contributed by atoms with Gasteiger partial charge in [-0.15, -0.1) is 0 Å². The monoisotopic (exact) mass is 379 g/mol. The molecule has 136 valence electrons. The first-order chi connectivity index (χ1) is 12.9. The molecule has 4 rings (SSSR count). The van der Waals surface area contributed by atoms with Crippen molar-refractivity contribution in [2.24, 2.45) is 0 Å². The molecule has 1 aliphatic rings. The first-order valence-electron chi connectivity index (χ1n) is 8.37. The largest absolute Gasteiger partial charge is 0.497 e. The summed E-state index contributed by atoms with van der Waals surface area (Å²) in [6, 6.07) is 18.5. The predicted octanol–water partition coefficient (Wildman–Crippen LogP) is 4.02.